The number of aryl methyl sites for hydroxylation is 1. The SMILES string of the molecule is Cc1ncsc1C(=O)NC1CCN(S(=O)(=O)c2ccc(F)c(Cl)c2)CC1. The number of nitrogens with one attached hydrogen (secondary N) is 1. The van der Waals surface area contributed by atoms with Gasteiger partial charge in [0.05, 0.1) is 21.1 Å². The zero-order chi connectivity index (χ0) is 18.9. The summed E-state index contributed by atoms with van der Waals surface area (Å²) in [6.45, 7) is 2.31. The summed E-state index contributed by atoms with van der Waals surface area (Å²) in [6, 6.07) is 3.26. The molecule has 2 heterocycles. The molecule has 0 saturated carbocycles. The van der Waals surface area contributed by atoms with Crippen molar-refractivity contribution in [2.45, 2.75) is 30.7 Å². The van der Waals surface area contributed by atoms with Crippen LogP contribution in [0.3, 0.4) is 0 Å². The predicted molar refractivity (Wildman–Crippen MR) is 97.5 cm³/mol. The largest absolute Gasteiger partial charge is 0.348 e. The highest BCUT2D eigenvalue weighted by Crippen LogP contribution is 2.25. The third kappa shape index (κ3) is 3.90. The summed E-state index contributed by atoms with van der Waals surface area (Å²) < 4.78 is 39.9. The molecule has 0 aliphatic carbocycles. The molecule has 26 heavy (non-hydrogen) atoms. The maximum atomic E-state index is 13.3. The third-order valence-corrected chi connectivity index (χ3v) is 7.38. The summed E-state index contributed by atoms with van der Waals surface area (Å²) in [5.74, 6) is -0.845. The Morgan fingerprint density at radius 3 is 2.65 bits per heavy atom. The van der Waals surface area contributed by atoms with Crippen molar-refractivity contribution in [1.82, 2.24) is 14.6 Å². The van der Waals surface area contributed by atoms with Gasteiger partial charge in [0.15, 0.2) is 0 Å². The average molecular weight is 418 g/mol. The van der Waals surface area contributed by atoms with Gasteiger partial charge in [-0.1, -0.05) is 11.6 Å². The number of carbonyl (C=O) groups excluding carboxylic acids is 1. The van der Waals surface area contributed by atoms with Gasteiger partial charge < -0.3 is 5.32 Å². The molecule has 1 saturated heterocycles. The lowest BCUT2D eigenvalue weighted by molar-refractivity contribution is 0.0927. The van der Waals surface area contributed by atoms with E-state index in [1.165, 1.54) is 21.7 Å². The molecule has 10 heteroatoms. The quantitative estimate of drug-likeness (QED) is 0.829. The first-order chi connectivity index (χ1) is 12.3. The minimum Gasteiger partial charge on any atom is -0.348 e. The summed E-state index contributed by atoms with van der Waals surface area (Å²) >= 11 is 6.97. The van der Waals surface area contributed by atoms with Crippen LogP contribution in [0.2, 0.25) is 5.02 Å². The number of nitrogens with zero attached hydrogens (tertiary/aromatic N) is 2. The van der Waals surface area contributed by atoms with E-state index in [1.54, 1.807) is 12.4 Å². The molecule has 1 aliphatic rings. The molecule has 1 amide bonds. The topological polar surface area (TPSA) is 79.4 Å². The number of piperidine rings is 1. The van der Waals surface area contributed by atoms with E-state index in [1.807, 2.05) is 0 Å². The molecular weight excluding hydrogens is 401 g/mol. The number of rotatable bonds is 4. The van der Waals surface area contributed by atoms with E-state index in [2.05, 4.69) is 10.3 Å². The molecule has 6 nitrogen and oxygen atoms in total. The van der Waals surface area contributed by atoms with Crippen molar-refractivity contribution < 1.29 is 17.6 Å². The van der Waals surface area contributed by atoms with Crippen molar-refractivity contribution in [2.24, 2.45) is 0 Å². The van der Waals surface area contributed by atoms with Gasteiger partial charge in [-0.15, -0.1) is 11.3 Å². The fourth-order valence-corrected chi connectivity index (χ4v) is 5.24. The second kappa shape index (κ2) is 7.59. The molecule has 1 N–H and O–H groups in total. The molecule has 0 unspecified atom stereocenters. The van der Waals surface area contributed by atoms with Gasteiger partial charge in [-0.3, -0.25) is 4.79 Å². The molecule has 0 atom stereocenters. The van der Waals surface area contributed by atoms with Crippen LogP contribution in [0.5, 0.6) is 0 Å². The van der Waals surface area contributed by atoms with E-state index < -0.39 is 15.8 Å². The lowest BCUT2D eigenvalue weighted by Crippen LogP contribution is -2.46. The smallest absolute Gasteiger partial charge is 0.263 e. The minimum atomic E-state index is -3.74. The maximum absolute atomic E-state index is 13.3. The first-order valence-electron chi connectivity index (χ1n) is 7.95. The zero-order valence-corrected chi connectivity index (χ0v) is 16.3. The van der Waals surface area contributed by atoms with E-state index >= 15 is 0 Å². The van der Waals surface area contributed by atoms with E-state index in [-0.39, 0.29) is 35.0 Å². The molecular formula is C16H17ClFN3O3S2. The Labute approximate surface area is 160 Å². The predicted octanol–water partition coefficient (Wildman–Crippen LogP) is 2.83. The van der Waals surface area contributed by atoms with Crippen molar-refractivity contribution in [1.29, 1.82) is 0 Å². The molecule has 1 fully saturated rings. The second-order valence-corrected chi connectivity index (χ2v) is 9.19. The first-order valence-corrected chi connectivity index (χ1v) is 10.6. The van der Waals surface area contributed by atoms with Gasteiger partial charge in [-0.2, -0.15) is 4.31 Å². The van der Waals surface area contributed by atoms with Crippen molar-refractivity contribution in [3.05, 3.63) is 45.1 Å². The van der Waals surface area contributed by atoms with Crippen molar-refractivity contribution >= 4 is 38.9 Å². The van der Waals surface area contributed by atoms with E-state index in [9.17, 15) is 17.6 Å². The molecule has 0 bridgehead atoms. The van der Waals surface area contributed by atoms with Gasteiger partial charge in [0, 0.05) is 19.1 Å². The van der Waals surface area contributed by atoms with Crippen LogP contribution in [0.25, 0.3) is 0 Å². The monoisotopic (exact) mass is 417 g/mol. The van der Waals surface area contributed by atoms with Crippen LogP contribution >= 0.6 is 22.9 Å². The van der Waals surface area contributed by atoms with E-state index in [0.29, 0.717) is 23.4 Å². The molecule has 1 aliphatic heterocycles. The van der Waals surface area contributed by atoms with E-state index in [4.69, 9.17) is 11.6 Å². The average Bonchev–Trinajstić information content (AvgIpc) is 3.04. The van der Waals surface area contributed by atoms with Gasteiger partial charge >= 0.3 is 0 Å². The Morgan fingerprint density at radius 2 is 2.08 bits per heavy atom. The molecule has 1 aromatic heterocycles. The summed E-state index contributed by atoms with van der Waals surface area (Å²) in [4.78, 5) is 16.8. The first kappa shape index (κ1) is 19.2. The molecule has 1 aromatic carbocycles. The fraction of sp³-hybridized carbons (Fsp3) is 0.375. The van der Waals surface area contributed by atoms with Crippen LogP contribution in [0, 0.1) is 12.7 Å². The third-order valence-electron chi connectivity index (χ3n) is 4.27. The van der Waals surface area contributed by atoms with Gasteiger partial charge in [-0.25, -0.2) is 17.8 Å². The highest BCUT2D eigenvalue weighted by Gasteiger charge is 2.30. The van der Waals surface area contributed by atoms with Crippen molar-refractivity contribution in [3.63, 3.8) is 0 Å². The van der Waals surface area contributed by atoms with Crippen LogP contribution in [0.4, 0.5) is 4.39 Å². The van der Waals surface area contributed by atoms with Crippen LogP contribution in [0.1, 0.15) is 28.2 Å². The molecule has 0 radical (unpaired) electrons. The summed E-state index contributed by atoms with van der Waals surface area (Å²) in [5.41, 5.74) is 2.30. The van der Waals surface area contributed by atoms with Crippen LogP contribution in [-0.2, 0) is 10.0 Å². The van der Waals surface area contributed by atoms with E-state index in [0.717, 1.165) is 12.1 Å². The molecule has 140 valence electrons. The van der Waals surface area contributed by atoms with Crippen molar-refractivity contribution in [2.75, 3.05) is 13.1 Å². The normalized spacial score (nSPS) is 16.6. The minimum absolute atomic E-state index is 0.0355. The molecule has 0 spiro atoms. The van der Waals surface area contributed by atoms with Gasteiger partial charge in [0.1, 0.15) is 10.7 Å². The standard InChI is InChI=1S/C16H17ClFN3O3S2/c1-10-15(25-9-19-10)16(22)20-11-4-6-21(7-5-11)26(23,24)12-2-3-14(18)13(17)8-12/h2-3,8-9,11H,4-7H2,1H3,(H,20,22). The van der Waals surface area contributed by atoms with Gasteiger partial charge in [-0.05, 0) is 38.0 Å². The highest BCUT2D eigenvalue weighted by molar-refractivity contribution is 7.89. The second-order valence-electron chi connectivity index (χ2n) is 5.99. The molecule has 3 rings (SSSR count). The Hall–Kier alpha value is -1.55. The summed E-state index contributed by atoms with van der Waals surface area (Å²) in [5, 5.41) is 2.70. The van der Waals surface area contributed by atoms with Crippen molar-refractivity contribution in [3.8, 4) is 0 Å². The summed E-state index contributed by atoms with van der Waals surface area (Å²) in [7, 11) is -3.74. The lowest BCUT2D eigenvalue weighted by atomic mass is 10.1. The Morgan fingerprint density at radius 1 is 1.38 bits per heavy atom. The van der Waals surface area contributed by atoms with Gasteiger partial charge in [0.25, 0.3) is 5.91 Å². The number of thiazole rings is 1. The maximum Gasteiger partial charge on any atom is 0.263 e. The van der Waals surface area contributed by atoms with Crippen LogP contribution < -0.4 is 5.32 Å². The Kier molecular flexibility index (Phi) is 5.61. The highest BCUT2D eigenvalue weighted by atomic mass is 35.5. The van der Waals surface area contributed by atoms with Crippen LogP contribution in [-0.4, -0.2) is 42.7 Å². The number of benzene rings is 1. The number of aromatic nitrogens is 1. The number of hydrogen-bond donors (Lipinski definition) is 1. The zero-order valence-electron chi connectivity index (χ0n) is 13.9. The number of amides is 1. The Balaban J connectivity index is 1.63. The lowest BCUT2D eigenvalue weighted by Gasteiger charge is -2.31. The van der Waals surface area contributed by atoms with Crippen LogP contribution in [0.15, 0.2) is 28.6 Å². The fourth-order valence-electron chi connectivity index (χ4n) is 2.80. The summed E-state index contributed by atoms with van der Waals surface area (Å²) in [6.07, 6.45) is 0.996. The number of hydrogen-bond acceptors (Lipinski definition) is 5. The number of sulfonamides is 1. The molecule has 2 aromatic rings. The Bertz CT molecular complexity index is 925. The number of halogens is 2. The van der Waals surface area contributed by atoms with Gasteiger partial charge in [0.2, 0.25) is 10.0 Å². The number of carbonyl (C=O) groups is 1.